The summed E-state index contributed by atoms with van der Waals surface area (Å²) in [6.07, 6.45) is -7.03. The Hall–Kier alpha value is -2.33. The minimum Gasteiger partial charge on any atom is -0.310 e. The highest BCUT2D eigenvalue weighted by atomic mass is 19.4. The molecule has 136 valence electrons. The van der Waals surface area contributed by atoms with Gasteiger partial charge in [0.05, 0.1) is 6.93 Å². The molecule has 0 aliphatic carbocycles. The number of benzene rings is 3. The third-order valence-corrected chi connectivity index (χ3v) is 4.03. The molecule has 0 unspecified atom stereocenters. The van der Waals surface area contributed by atoms with E-state index < -0.39 is 37.5 Å². The minimum absolute atomic E-state index is 0.126. The van der Waals surface area contributed by atoms with Gasteiger partial charge in [-0.1, -0.05) is 60.7 Å². The number of hydrogen-bond donors (Lipinski definition) is 1. The summed E-state index contributed by atoms with van der Waals surface area (Å²) in [5.41, 5.74) is -0.585. The Kier molecular flexibility index (Phi) is 3.69. The van der Waals surface area contributed by atoms with E-state index in [-0.39, 0.29) is 17.5 Å². The van der Waals surface area contributed by atoms with Crippen molar-refractivity contribution >= 4 is 10.8 Å². The Labute approximate surface area is 160 Å². The van der Waals surface area contributed by atoms with Crippen LogP contribution in [-0.4, -0.2) is 6.54 Å². The molecule has 0 aliphatic heterocycles. The second-order valence-electron chi connectivity index (χ2n) is 5.88. The maximum Gasteiger partial charge on any atom is 0.416 e. The van der Waals surface area contributed by atoms with Gasteiger partial charge in [-0.05, 0) is 54.2 Å². The first-order valence-electron chi connectivity index (χ1n) is 11.1. The summed E-state index contributed by atoms with van der Waals surface area (Å²) in [7, 11) is 0. The van der Waals surface area contributed by atoms with Crippen LogP contribution >= 0.6 is 0 Å². The topological polar surface area (TPSA) is 12.0 Å². The van der Waals surface area contributed by atoms with E-state index in [1.165, 1.54) is 18.2 Å². The van der Waals surface area contributed by atoms with E-state index in [1.54, 1.807) is 36.4 Å². The molecule has 3 aromatic carbocycles. The highest BCUT2D eigenvalue weighted by Gasteiger charge is 2.30. The predicted molar refractivity (Wildman–Crippen MR) is 100 cm³/mol. The molecule has 0 bridgehead atoms. The van der Waals surface area contributed by atoms with Crippen molar-refractivity contribution in [1.29, 1.82) is 0 Å². The molecule has 0 saturated heterocycles. The second kappa shape index (κ2) is 7.92. The predicted octanol–water partition coefficient (Wildman–Crippen LogP) is 6.14. The van der Waals surface area contributed by atoms with Crippen molar-refractivity contribution in [3.63, 3.8) is 0 Å². The molecular formula is C22H22F3N. The van der Waals surface area contributed by atoms with Crippen molar-refractivity contribution in [2.24, 2.45) is 0 Å². The third-order valence-electron chi connectivity index (χ3n) is 4.03. The van der Waals surface area contributed by atoms with Crippen molar-refractivity contribution in [1.82, 2.24) is 5.32 Å². The smallest absolute Gasteiger partial charge is 0.310 e. The van der Waals surface area contributed by atoms with Crippen LogP contribution in [0, 0.1) is 0 Å². The van der Waals surface area contributed by atoms with E-state index in [0.29, 0.717) is 5.39 Å². The molecule has 1 N–H and O–H groups in total. The van der Waals surface area contributed by atoms with Crippen molar-refractivity contribution in [2.75, 3.05) is 6.54 Å². The first-order chi connectivity index (χ1) is 14.7. The minimum atomic E-state index is -4.55. The summed E-state index contributed by atoms with van der Waals surface area (Å²) in [5.74, 6) is 0. The van der Waals surface area contributed by atoms with Gasteiger partial charge in [0, 0.05) is 12.9 Å². The second-order valence-corrected chi connectivity index (χ2v) is 5.88. The summed E-state index contributed by atoms with van der Waals surface area (Å²) in [5, 5.41) is 3.84. The maximum absolute atomic E-state index is 13.0. The molecule has 26 heavy (non-hydrogen) atoms. The average Bonchev–Trinajstić information content (AvgIpc) is 2.70. The zero-order valence-corrected chi connectivity index (χ0v) is 13.9. The van der Waals surface area contributed by atoms with Crippen LogP contribution in [0.1, 0.15) is 44.2 Å². The quantitative estimate of drug-likeness (QED) is 0.554. The van der Waals surface area contributed by atoms with E-state index >= 15 is 0 Å². The lowest BCUT2D eigenvalue weighted by Gasteiger charge is -2.17. The van der Waals surface area contributed by atoms with Crippen LogP contribution < -0.4 is 5.32 Å². The zero-order chi connectivity index (χ0) is 23.8. The van der Waals surface area contributed by atoms with Gasteiger partial charge in [0.25, 0.3) is 0 Å². The number of halogens is 3. The zero-order valence-electron chi connectivity index (χ0n) is 19.9. The lowest BCUT2D eigenvalue weighted by Crippen LogP contribution is -2.20. The largest absolute Gasteiger partial charge is 0.416 e. The van der Waals surface area contributed by atoms with Gasteiger partial charge in [0.1, 0.15) is 0 Å². The Bertz CT molecular complexity index is 1090. The fourth-order valence-electron chi connectivity index (χ4n) is 2.75. The van der Waals surface area contributed by atoms with Crippen LogP contribution in [0.15, 0.2) is 66.7 Å². The number of aryl methyl sites for hydroxylation is 1. The lowest BCUT2D eigenvalue weighted by molar-refractivity contribution is -0.137. The van der Waals surface area contributed by atoms with Crippen LogP contribution in [0.2, 0.25) is 0 Å². The van der Waals surface area contributed by atoms with Gasteiger partial charge in [-0.3, -0.25) is 0 Å². The average molecular weight is 363 g/mol. The van der Waals surface area contributed by atoms with Gasteiger partial charge in [0.15, 0.2) is 0 Å². The van der Waals surface area contributed by atoms with E-state index in [2.05, 4.69) is 5.32 Å². The van der Waals surface area contributed by atoms with Crippen LogP contribution in [0.25, 0.3) is 10.8 Å². The van der Waals surface area contributed by atoms with Crippen LogP contribution in [0.3, 0.4) is 0 Å². The van der Waals surface area contributed by atoms with Gasteiger partial charge >= 0.3 is 6.18 Å². The summed E-state index contributed by atoms with van der Waals surface area (Å²) in [6, 6.07) is 14.0. The Morgan fingerprint density at radius 3 is 2.65 bits per heavy atom. The van der Waals surface area contributed by atoms with Crippen LogP contribution in [0.4, 0.5) is 13.2 Å². The molecule has 0 aromatic heterocycles. The maximum atomic E-state index is 13.0. The summed E-state index contributed by atoms with van der Waals surface area (Å²) < 4.78 is 88.0. The number of fused-ring (bicyclic) bond motifs is 1. The fraction of sp³-hybridized carbons (Fsp3) is 0.273. The van der Waals surface area contributed by atoms with Gasteiger partial charge in [0.2, 0.25) is 0 Å². The highest BCUT2D eigenvalue weighted by molar-refractivity contribution is 5.86. The normalized spacial score (nSPS) is 18.7. The Balaban J connectivity index is 1.89. The number of nitrogens with one attached hydrogen (secondary N) is 1. The standard InChI is InChI=1S/C22H22F3N/c1-16(20-13-5-10-18-9-2-3-12-21(18)20)26-14-6-8-17-7-4-11-19(15-17)22(23,24)25/h2-5,7,9-13,15-16,26H,6,8,14H2,1H3/t16-/m1/s1/i1D3,6D2,16D. The van der Waals surface area contributed by atoms with Crippen molar-refractivity contribution in [3.8, 4) is 0 Å². The number of alkyl halides is 3. The van der Waals surface area contributed by atoms with Gasteiger partial charge in [-0.15, -0.1) is 0 Å². The molecule has 0 heterocycles. The molecule has 4 heteroatoms. The first kappa shape index (κ1) is 12.1. The van der Waals surface area contributed by atoms with Gasteiger partial charge in [-0.2, -0.15) is 13.2 Å². The van der Waals surface area contributed by atoms with E-state index in [0.717, 1.165) is 17.5 Å². The molecule has 0 spiro atoms. The van der Waals surface area contributed by atoms with Crippen molar-refractivity contribution in [2.45, 2.75) is 31.8 Å². The first-order valence-corrected chi connectivity index (χ1v) is 8.12. The van der Waals surface area contributed by atoms with Gasteiger partial charge < -0.3 is 5.32 Å². The third kappa shape index (κ3) is 4.44. The highest BCUT2D eigenvalue weighted by Crippen LogP contribution is 2.29. The van der Waals surface area contributed by atoms with E-state index in [9.17, 15) is 13.2 Å². The molecule has 1 nitrogen and oxygen atoms in total. The summed E-state index contributed by atoms with van der Waals surface area (Å²) >= 11 is 0. The Morgan fingerprint density at radius 2 is 1.85 bits per heavy atom. The van der Waals surface area contributed by atoms with Crippen molar-refractivity contribution < 1.29 is 21.4 Å². The molecule has 0 aliphatic rings. The van der Waals surface area contributed by atoms with Crippen molar-refractivity contribution in [3.05, 3.63) is 83.4 Å². The summed E-state index contributed by atoms with van der Waals surface area (Å²) in [4.78, 5) is 0. The fourth-order valence-corrected chi connectivity index (χ4v) is 2.75. The van der Waals surface area contributed by atoms with Gasteiger partial charge in [-0.25, -0.2) is 0 Å². The molecule has 3 aromatic rings. The SMILES string of the molecule is [2H]C([2H])(CN[C@@]([2H])(c1cccc2ccccc12)C([2H])([2H])[2H])Cc1cccc(C(F)(F)F)c1. The number of rotatable bonds is 6. The molecule has 0 fully saturated rings. The van der Waals surface area contributed by atoms with E-state index in [4.69, 9.17) is 8.22 Å². The molecule has 0 amide bonds. The van der Waals surface area contributed by atoms with Crippen LogP contribution in [-0.2, 0) is 12.6 Å². The molecule has 1 atom stereocenters. The lowest BCUT2D eigenvalue weighted by atomic mass is 9.99. The Morgan fingerprint density at radius 1 is 1.08 bits per heavy atom. The molecular weight excluding hydrogens is 335 g/mol. The monoisotopic (exact) mass is 363 g/mol. The van der Waals surface area contributed by atoms with E-state index in [1.807, 2.05) is 0 Å². The molecule has 0 radical (unpaired) electrons. The van der Waals surface area contributed by atoms with Crippen LogP contribution in [0.5, 0.6) is 0 Å². The summed E-state index contributed by atoms with van der Waals surface area (Å²) in [6.45, 7) is -3.39. The molecule has 3 rings (SSSR count). The molecule has 0 saturated carbocycles. The number of hydrogen-bond acceptors (Lipinski definition) is 1.